The quantitative estimate of drug-likeness (QED) is 0.832. The third-order valence-corrected chi connectivity index (χ3v) is 5.81. The highest BCUT2D eigenvalue weighted by Gasteiger charge is 2.21. The number of aromatic nitrogens is 1. The molecule has 134 valence electrons. The molecule has 4 nitrogen and oxygen atoms in total. The van der Waals surface area contributed by atoms with E-state index in [1.807, 2.05) is 22.5 Å². The molecule has 2 aromatic rings. The van der Waals surface area contributed by atoms with Crippen LogP contribution in [0.1, 0.15) is 52.7 Å². The predicted molar refractivity (Wildman–Crippen MR) is 103 cm³/mol. The van der Waals surface area contributed by atoms with E-state index in [9.17, 15) is 4.79 Å². The fourth-order valence-corrected chi connectivity index (χ4v) is 4.05. The van der Waals surface area contributed by atoms with Gasteiger partial charge in [0.2, 0.25) is 0 Å². The molecule has 0 aliphatic carbocycles. The molecule has 0 radical (unpaired) electrons. The predicted octanol–water partition coefficient (Wildman–Crippen LogP) is 3.92. The van der Waals surface area contributed by atoms with E-state index in [1.165, 1.54) is 10.4 Å². The first-order chi connectivity index (χ1) is 12.0. The van der Waals surface area contributed by atoms with Crippen LogP contribution in [0.3, 0.4) is 0 Å². The summed E-state index contributed by atoms with van der Waals surface area (Å²) >= 11 is 1.72. The van der Waals surface area contributed by atoms with Crippen LogP contribution in [-0.2, 0) is 6.54 Å². The Morgan fingerprint density at radius 1 is 1.24 bits per heavy atom. The Bertz CT molecular complexity index is 725. The van der Waals surface area contributed by atoms with Crippen LogP contribution in [0.5, 0.6) is 0 Å². The maximum absolute atomic E-state index is 12.9. The van der Waals surface area contributed by atoms with Crippen molar-refractivity contribution >= 4 is 17.2 Å². The molecule has 0 spiro atoms. The van der Waals surface area contributed by atoms with Gasteiger partial charge >= 0.3 is 0 Å². The third kappa shape index (κ3) is 4.47. The summed E-state index contributed by atoms with van der Waals surface area (Å²) in [4.78, 5) is 23.0. The van der Waals surface area contributed by atoms with Crippen LogP contribution in [0.4, 0.5) is 0 Å². The van der Waals surface area contributed by atoms with Crippen LogP contribution in [0.2, 0.25) is 0 Å². The highest BCUT2D eigenvalue weighted by molar-refractivity contribution is 7.09. The van der Waals surface area contributed by atoms with E-state index in [1.54, 1.807) is 11.3 Å². The van der Waals surface area contributed by atoms with Gasteiger partial charge in [0.25, 0.3) is 5.91 Å². The summed E-state index contributed by atoms with van der Waals surface area (Å²) in [7, 11) is 0. The van der Waals surface area contributed by atoms with Crippen molar-refractivity contribution in [2.45, 2.75) is 39.7 Å². The van der Waals surface area contributed by atoms with Gasteiger partial charge in [-0.05, 0) is 37.0 Å². The summed E-state index contributed by atoms with van der Waals surface area (Å²) in [6, 6.07) is 8.09. The number of aryl methyl sites for hydroxylation is 1. The second-order valence-electron chi connectivity index (χ2n) is 7.06. The molecule has 0 atom stereocenters. The minimum atomic E-state index is 0.165. The molecule has 25 heavy (non-hydrogen) atoms. The average molecular weight is 358 g/mol. The average Bonchev–Trinajstić information content (AvgIpc) is 2.87. The molecule has 1 aromatic heterocycles. The Morgan fingerprint density at radius 2 is 2.08 bits per heavy atom. The summed E-state index contributed by atoms with van der Waals surface area (Å²) in [6.45, 7) is 10.9. The van der Waals surface area contributed by atoms with Crippen molar-refractivity contribution in [3.8, 4) is 0 Å². The minimum absolute atomic E-state index is 0.165. The van der Waals surface area contributed by atoms with Crippen molar-refractivity contribution in [1.82, 2.24) is 14.8 Å². The Labute approximate surface area is 154 Å². The zero-order valence-corrected chi connectivity index (χ0v) is 16.2. The lowest BCUT2D eigenvalue weighted by molar-refractivity contribution is 0.0761. The molecule has 3 rings (SSSR count). The first-order valence-corrected chi connectivity index (χ1v) is 9.93. The highest BCUT2D eigenvalue weighted by atomic mass is 32.1. The van der Waals surface area contributed by atoms with E-state index in [0.29, 0.717) is 5.92 Å². The number of rotatable bonds is 4. The third-order valence-electron chi connectivity index (χ3n) is 4.89. The number of carbonyl (C=O) groups is 1. The number of amides is 1. The van der Waals surface area contributed by atoms with Gasteiger partial charge in [-0.15, -0.1) is 11.3 Å². The summed E-state index contributed by atoms with van der Waals surface area (Å²) in [5, 5.41) is 0. The summed E-state index contributed by atoms with van der Waals surface area (Å²) in [5.74, 6) is 0.605. The summed E-state index contributed by atoms with van der Waals surface area (Å²) < 4.78 is 0. The molecule has 1 aliphatic rings. The molecular weight excluding hydrogens is 330 g/mol. The van der Waals surface area contributed by atoms with Gasteiger partial charge in [0, 0.05) is 43.2 Å². The van der Waals surface area contributed by atoms with Crippen molar-refractivity contribution in [2.24, 2.45) is 0 Å². The second kappa shape index (κ2) is 8.11. The van der Waals surface area contributed by atoms with E-state index in [-0.39, 0.29) is 5.91 Å². The number of nitrogens with zero attached hydrogens (tertiary/aromatic N) is 3. The fraction of sp³-hybridized carbons (Fsp3) is 0.500. The molecule has 1 saturated heterocycles. The lowest BCUT2D eigenvalue weighted by Gasteiger charge is -2.22. The lowest BCUT2D eigenvalue weighted by Crippen LogP contribution is -2.35. The molecule has 5 heteroatoms. The van der Waals surface area contributed by atoms with Crippen molar-refractivity contribution in [2.75, 3.05) is 26.2 Å². The zero-order chi connectivity index (χ0) is 17.8. The molecule has 0 N–H and O–H groups in total. The molecule has 0 saturated carbocycles. The molecule has 0 unspecified atom stereocenters. The van der Waals surface area contributed by atoms with Crippen molar-refractivity contribution in [1.29, 1.82) is 0 Å². The molecule has 1 amide bonds. The summed E-state index contributed by atoms with van der Waals surface area (Å²) in [6.07, 6.45) is 1.02. The van der Waals surface area contributed by atoms with Crippen LogP contribution < -0.4 is 0 Å². The first kappa shape index (κ1) is 18.1. The van der Waals surface area contributed by atoms with Gasteiger partial charge < -0.3 is 4.90 Å². The van der Waals surface area contributed by atoms with Crippen LogP contribution >= 0.6 is 11.3 Å². The van der Waals surface area contributed by atoms with E-state index in [2.05, 4.69) is 42.8 Å². The topological polar surface area (TPSA) is 36.4 Å². The van der Waals surface area contributed by atoms with Gasteiger partial charge in [-0.1, -0.05) is 26.0 Å². The van der Waals surface area contributed by atoms with E-state index >= 15 is 0 Å². The SMILES string of the molecule is Cc1ncsc1CN1CCCN(C(=O)c2cccc(C(C)C)c2)CC1. The van der Waals surface area contributed by atoms with Crippen molar-refractivity contribution < 1.29 is 4.79 Å². The number of hydrogen-bond donors (Lipinski definition) is 0. The van der Waals surface area contributed by atoms with Crippen LogP contribution in [-0.4, -0.2) is 46.9 Å². The molecule has 0 bridgehead atoms. The van der Waals surface area contributed by atoms with Gasteiger partial charge in [0.15, 0.2) is 0 Å². The lowest BCUT2D eigenvalue weighted by atomic mass is 10.0. The van der Waals surface area contributed by atoms with Gasteiger partial charge in [-0.2, -0.15) is 0 Å². The van der Waals surface area contributed by atoms with E-state index in [4.69, 9.17) is 0 Å². The maximum atomic E-state index is 12.9. The molecule has 2 heterocycles. The number of benzene rings is 1. The minimum Gasteiger partial charge on any atom is -0.337 e. The largest absolute Gasteiger partial charge is 0.337 e. The van der Waals surface area contributed by atoms with Crippen LogP contribution in [0, 0.1) is 6.92 Å². The molecule has 1 fully saturated rings. The number of thiazole rings is 1. The van der Waals surface area contributed by atoms with E-state index in [0.717, 1.165) is 50.4 Å². The van der Waals surface area contributed by atoms with Gasteiger partial charge in [0.05, 0.1) is 11.2 Å². The maximum Gasteiger partial charge on any atom is 0.253 e. The zero-order valence-electron chi connectivity index (χ0n) is 15.4. The molecule has 1 aromatic carbocycles. The molecular formula is C20H27N3OS. The standard InChI is InChI=1S/C20H27N3OS/c1-15(2)17-6-4-7-18(12-17)20(24)23-9-5-8-22(10-11-23)13-19-16(3)21-14-25-19/h4,6-7,12,14-15H,5,8-11,13H2,1-3H3. The van der Waals surface area contributed by atoms with E-state index < -0.39 is 0 Å². The molecule has 1 aliphatic heterocycles. The summed E-state index contributed by atoms with van der Waals surface area (Å²) in [5.41, 5.74) is 5.09. The van der Waals surface area contributed by atoms with Crippen molar-refractivity contribution in [3.63, 3.8) is 0 Å². The van der Waals surface area contributed by atoms with Crippen molar-refractivity contribution in [3.05, 3.63) is 51.5 Å². The van der Waals surface area contributed by atoms with Gasteiger partial charge in [-0.25, -0.2) is 4.98 Å². The van der Waals surface area contributed by atoms with Gasteiger partial charge in [0.1, 0.15) is 0 Å². The Balaban J connectivity index is 1.63. The Kier molecular flexibility index (Phi) is 5.86. The normalized spacial score (nSPS) is 16.2. The Hall–Kier alpha value is -1.72. The van der Waals surface area contributed by atoms with Crippen LogP contribution in [0.25, 0.3) is 0 Å². The smallest absolute Gasteiger partial charge is 0.253 e. The number of carbonyl (C=O) groups excluding carboxylic acids is 1. The Morgan fingerprint density at radius 3 is 2.80 bits per heavy atom. The monoisotopic (exact) mass is 357 g/mol. The fourth-order valence-electron chi connectivity index (χ4n) is 3.23. The van der Waals surface area contributed by atoms with Crippen LogP contribution in [0.15, 0.2) is 29.8 Å². The number of hydrogen-bond acceptors (Lipinski definition) is 4. The van der Waals surface area contributed by atoms with Gasteiger partial charge in [-0.3, -0.25) is 9.69 Å². The highest BCUT2D eigenvalue weighted by Crippen LogP contribution is 2.19. The second-order valence-corrected chi connectivity index (χ2v) is 8.00. The first-order valence-electron chi connectivity index (χ1n) is 9.05.